The Kier molecular flexibility index (Phi) is 4.81. The monoisotopic (exact) mass is 275 g/mol. The van der Waals surface area contributed by atoms with Crippen LogP contribution in [0.4, 0.5) is 0 Å². The molecule has 1 aromatic carbocycles. The number of rotatable bonds is 6. The number of benzene rings is 1. The van der Waals surface area contributed by atoms with Gasteiger partial charge in [-0.3, -0.25) is 9.69 Å². The quantitative estimate of drug-likeness (QED) is 0.864. The topological polar surface area (TPSA) is 40.5 Å². The summed E-state index contributed by atoms with van der Waals surface area (Å²) in [4.78, 5) is 14.0. The van der Waals surface area contributed by atoms with Crippen LogP contribution in [0.1, 0.15) is 50.7 Å². The molecule has 1 atom stereocenters. The van der Waals surface area contributed by atoms with Crippen molar-refractivity contribution in [1.29, 1.82) is 0 Å². The van der Waals surface area contributed by atoms with Gasteiger partial charge in [-0.05, 0) is 43.4 Å². The van der Waals surface area contributed by atoms with Crippen molar-refractivity contribution in [2.24, 2.45) is 0 Å². The van der Waals surface area contributed by atoms with Crippen LogP contribution in [-0.2, 0) is 17.8 Å². The first-order chi connectivity index (χ1) is 9.64. The number of likely N-dealkylation sites (tertiary alicyclic amines) is 1. The van der Waals surface area contributed by atoms with Gasteiger partial charge in [0.25, 0.3) is 0 Å². The fourth-order valence-corrected chi connectivity index (χ4v) is 3.47. The minimum Gasteiger partial charge on any atom is -0.480 e. The van der Waals surface area contributed by atoms with E-state index in [4.69, 9.17) is 0 Å². The molecular weight excluding hydrogens is 250 g/mol. The zero-order valence-corrected chi connectivity index (χ0v) is 12.6. The Balaban J connectivity index is 2.24. The molecule has 1 aliphatic rings. The molecule has 0 aliphatic carbocycles. The summed E-state index contributed by atoms with van der Waals surface area (Å²) in [6.07, 6.45) is 4.43. The first-order valence-electron chi connectivity index (χ1n) is 7.69. The molecule has 2 rings (SSSR count). The molecule has 1 aromatic rings. The van der Waals surface area contributed by atoms with E-state index in [0.29, 0.717) is 0 Å². The lowest BCUT2D eigenvalue weighted by molar-refractivity contribution is -0.150. The van der Waals surface area contributed by atoms with Crippen LogP contribution in [0.5, 0.6) is 0 Å². The Morgan fingerprint density at radius 2 is 2.00 bits per heavy atom. The third-order valence-corrected chi connectivity index (χ3v) is 4.55. The first kappa shape index (κ1) is 15.0. The highest BCUT2D eigenvalue weighted by Crippen LogP contribution is 2.35. The number of hydrogen-bond donors (Lipinski definition) is 1. The van der Waals surface area contributed by atoms with Gasteiger partial charge < -0.3 is 5.11 Å². The normalized spacial score (nSPS) is 23.1. The Labute approximate surface area is 121 Å². The van der Waals surface area contributed by atoms with Gasteiger partial charge in [0.1, 0.15) is 5.54 Å². The van der Waals surface area contributed by atoms with Crippen molar-refractivity contribution in [1.82, 2.24) is 4.90 Å². The number of carboxylic acids is 1. The molecule has 1 fully saturated rings. The fourth-order valence-electron chi connectivity index (χ4n) is 3.47. The molecule has 1 aliphatic heterocycles. The van der Waals surface area contributed by atoms with Crippen LogP contribution >= 0.6 is 0 Å². The third kappa shape index (κ3) is 2.73. The van der Waals surface area contributed by atoms with E-state index in [-0.39, 0.29) is 0 Å². The summed E-state index contributed by atoms with van der Waals surface area (Å²) in [6, 6.07) is 8.39. The maximum atomic E-state index is 11.8. The second-order valence-electron chi connectivity index (χ2n) is 5.73. The third-order valence-electron chi connectivity index (χ3n) is 4.55. The number of nitrogens with zero attached hydrogens (tertiary/aromatic N) is 1. The van der Waals surface area contributed by atoms with E-state index in [2.05, 4.69) is 36.9 Å². The van der Waals surface area contributed by atoms with E-state index in [1.807, 2.05) is 6.07 Å². The van der Waals surface area contributed by atoms with Gasteiger partial charge in [-0.2, -0.15) is 0 Å². The predicted octanol–water partition coefficient (Wildman–Crippen LogP) is 3.47. The van der Waals surface area contributed by atoms with Crippen LogP contribution in [0.25, 0.3) is 0 Å². The highest BCUT2D eigenvalue weighted by molar-refractivity contribution is 5.79. The highest BCUT2D eigenvalue weighted by atomic mass is 16.4. The van der Waals surface area contributed by atoms with Crippen LogP contribution in [0.3, 0.4) is 0 Å². The van der Waals surface area contributed by atoms with Gasteiger partial charge >= 0.3 is 5.97 Å². The molecule has 3 nitrogen and oxygen atoms in total. The smallest absolute Gasteiger partial charge is 0.324 e. The standard InChI is InChI=1S/C17H25NO2/c1-3-10-17(16(19)20)11-7-12-18(17)13-15-9-6-5-8-14(15)4-2/h5-6,8-9H,3-4,7,10-13H2,1-2H3,(H,19,20). The minimum atomic E-state index is -0.647. The lowest BCUT2D eigenvalue weighted by atomic mass is 9.90. The average Bonchev–Trinajstić information content (AvgIpc) is 2.84. The molecule has 110 valence electrons. The number of aryl methyl sites for hydroxylation is 1. The van der Waals surface area contributed by atoms with Crippen LogP contribution in [0, 0.1) is 0 Å². The summed E-state index contributed by atoms with van der Waals surface area (Å²) in [5, 5.41) is 9.73. The van der Waals surface area contributed by atoms with Crippen molar-refractivity contribution in [3.63, 3.8) is 0 Å². The number of aliphatic carboxylic acids is 1. The van der Waals surface area contributed by atoms with E-state index >= 15 is 0 Å². The number of hydrogen-bond acceptors (Lipinski definition) is 2. The van der Waals surface area contributed by atoms with Crippen molar-refractivity contribution in [3.8, 4) is 0 Å². The lowest BCUT2D eigenvalue weighted by Crippen LogP contribution is -2.50. The summed E-state index contributed by atoms with van der Waals surface area (Å²) < 4.78 is 0. The van der Waals surface area contributed by atoms with Gasteiger partial charge in [-0.25, -0.2) is 0 Å². The lowest BCUT2D eigenvalue weighted by Gasteiger charge is -2.35. The Morgan fingerprint density at radius 1 is 1.30 bits per heavy atom. The largest absolute Gasteiger partial charge is 0.480 e. The molecular formula is C17H25NO2. The summed E-state index contributed by atoms with van der Waals surface area (Å²) >= 11 is 0. The fraction of sp³-hybridized carbons (Fsp3) is 0.588. The summed E-state index contributed by atoms with van der Waals surface area (Å²) in [6.45, 7) is 5.88. The molecule has 0 bridgehead atoms. The molecule has 0 saturated carbocycles. The molecule has 0 radical (unpaired) electrons. The van der Waals surface area contributed by atoms with Crippen LogP contribution in [0.15, 0.2) is 24.3 Å². The molecule has 1 saturated heterocycles. The molecule has 1 unspecified atom stereocenters. The van der Waals surface area contributed by atoms with Crippen molar-refractivity contribution >= 4 is 5.97 Å². The van der Waals surface area contributed by atoms with E-state index < -0.39 is 11.5 Å². The van der Waals surface area contributed by atoms with Crippen molar-refractivity contribution in [2.75, 3.05) is 6.54 Å². The highest BCUT2D eigenvalue weighted by Gasteiger charge is 2.46. The number of carbonyl (C=O) groups is 1. The van der Waals surface area contributed by atoms with Gasteiger partial charge in [0.2, 0.25) is 0 Å². The summed E-state index contributed by atoms with van der Waals surface area (Å²) in [7, 11) is 0. The SMILES string of the molecule is CCCC1(C(=O)O)CCCN1Cc1ccccc1CC. The van der Waals surface area contributed by atoms with Gasteiger partial charge in [0.15, 0.2) is 0 Å². The van der Waals surface area contributed by atoms with Crippen LogP contribution < -0.4 is 0 Å². The Bertz CT molecular complexity index is 472. The van der Waals surface area contributed by atoms with Crippen LogP contribution in [0.2, 0.25) is 0 Å². The minimum absolute atomic E-state index is 0.643. The maximum Gasteiger partial charge on any atom is 0.324 e. The predicted molar refractivity (Wildman–Crippen MR) is 80.7 cm³/mol. The number of carboxylic acid groups (broad SMARTS) is 1. The molecule has 3 heteroatoms. The Morgan fingerprint density at radius 3 is 2.60 bits per heavy atom. The summed E-state index contributed by atoms with van der Waals surface area (Å²) in [5.41, 5.74) is 1.96. The average molecular weight is 275 g/mol. The molecule has 1 heterocycles. The molecule has 0 amide bonds. The molecule has 0 spiro atoms. The molecule has 20 heavy (non-hydrogen) atoms. The van der Waals surface area contributed by atoms with Gasteiger partial charge in [0, 0.05) is 6.54 Å². The molecule has 1 N–H and O–H groups in total. The van der Waals surface area contributed by atoms with E-state index in [1.165, 1.54) is 11.1 Å². The zero-order valence-electron chi connectivity index (χ0n) is 12.6. The van der Waals surface area contributed by atoms with E-state index in [1.54, 1.807) is 0 Å². The second-order valence-corrected chi connectivity index (χ2v) is 5.73. The van der Waals surface area contributed by atoms with Crippen molar-refractivity contribution < 1.29 is 9.90 Å². The Hall–Kier alpha value is -1.35. The maximum absolute atomic E-state index is 11.8. The zero-order chi connectivity index (χ0) is 14.6. The van der Waals surface area contributed by atoms with E-state index in [0.717, 1.165) is 45.2 Å². The summed E-state index contributed by atoms with van der Waals surface area (Å²) in [5.74, 6) is -0.647. The molecule has 0 aromatic heterocycles. The second kappa shape index (κ2) is 6.40. The van der Waals surface area contributed by atoms with Crippen molar-refractivity contribution in [3.05, 3.63) is 35.4 Å². The first-order valence-corrected chi connectivity index (χ1v) is 7.69. The van der Waals surface area contributed by atoms with Gasteiger partial charge in [-0.15, -0.1) is 0 Å². The van der Waals surface area contributed by atoms with E-state index in [9.17, 15) is 9.90 Å². The van der Waals surface area contributed by atoms with Crippen LogP contribution in [-0.4, -0.2) is 28.1 Å². The van der Waals surface area contributed by atoms with Gasteiger partial charge in [0.05, 0.1) is 0 Å². The van der Waals surface area contributed by atoms with Crippen molar-refractivity contribution in [2.45, 2.75) is 58.0 Å². The van der Waals surface area contributed by atoms with Gasteiger partial charge in [-0.1, -0.05) is 44.5 Å².